The molecule has 0 aliphatic carbocycles. The number of benzene rings is 2. The normalized spacial score (nSPS) is 11.7. The lowest BCUT2D eigenvalue weighted by atomic mass is 10.1. The van der Waals surface area contributed by atoms with Gasteiger partial charge in [-0.15, -0.1) is 0 Å². The van der Waals surface area contributed by atoms with Crippen molar-refractivity contribution in [1.29, 1.82) is 5.26 Å². The van der Waals surface area contributed by atoms with E-state index in [-0.39, 0.29) is 5.56 Å². The highest BCUT2D eigenvalue weighted by Gasteiger charge is 2.15. The maximum Gasteiger partial charge on any atom is 0.265 e. The van der Waals surface area contributed by atoms with Gasteiger partial charge in [-0.2, -0.15) is 5.26 Å². The Hall–Kier alpha value is -3.85. The van der Waals surface area contributed by atoms with Crippen molar-refractivity contribution < 1.29 is 0 Å². The fourth-order valence-electron chi connectivity index (χ4n) is 3.20. The number of pyridine rings is 1. The van der Waals surface area contributed by atoms with E-state index < -0.39 is 0 Å². The van der Waals surface area contributed by atoms with Crippen LogP contribution >= 0.6 is 0 Å². The van der Waals surface area contributed by atoms with Crippen molar-refractivity contribution in [2.75, 3.05) is 5.43 Å². The topological polar surface area (TPSA) is 82.2 Å². The van der Waals surface area contributed by atoms with Crippen molar-refractivity contribution in [1.82, 2.24) is 14.8 Å². The summed E-state index contributed by atoms with van der Waals surface area (Å²) < 4.78 is 1.50. The number of hydrazine groups is 1. The first-order valence-electron chi connectivity index (χ1n) is 8.52. The third-order valence-electron chi connectivity index (χ3n) is 4.56. The number of nitriles is 1. The summed E-state index contributed by atoms with van der Waals surface area (Å²) in [5, 5.41) is 10.1. The summed E-state index contributed by atoms with van der Waals surface area (Å²) in [4.78, 5) is 17.6. The Bertz CT molecular complexity index is 1330. The van der Waals surface area contributed by atoms with Crippen LogP contribution in [-0.4, -0.2) is 9.38 Å². The Labute approximate surface area is 155 Å². The van der Waals surface area contributed by atoms with Gasteiger partial charge in [-0.3, -0.25) is 9.20 Å². The predicted molar refractivity (Wildman–Crippen MR) is 106 cm³/mol. The fourth-order valence-corrected chi connectivity index (χ4v) is 3.20. The molecule has 0 fully saturated rings. The summed E-state index contributed by atoms with van der Waals surface area (Å²) in [5.41, 5.74) is 10.6. The number of hydrogen-bond acceptors (Lipinski definition) is 5. The van der Waals surface area contributed by atoms with Gasteiger partial charge in [0.15, 0.2) is 5.65 Å². The van der Waals surface area contributed by atoms with Crippen LogP contribution in [0.1, 0.15) is 16.7 Å². The molecule has 0 saturated heterocycles. The van der Waals surface area contributed by atoms with Crippen molar-refractivity contribution in [2.24, 2.45) is 0 Å². The molecule has 0 saturated carbocycles. The molecule has 4 aromatic rings. The number of aryl methyl sites for hydroxylation is 1. The molecule has 27 heavy (non-hydrogen) atoms. The first-order chi connectivity index (χ1) is 13.1. The summed E-state index contributed by atoms with van der Waals surface area (Å²) in [6.45, 7) is 3.77. The molecule has 0 spiro atoms. The van der Waals surface area contributed by atoms with Crippen LogP contribution < -0.4 is 21.6 Å². The molecule has 2 aromatic carbocycles. The van der Waals surface area contributed by atoms with Gasteiger partial charge in [0.2, 0.25) is 0 Å². The third-order valence-corrected chi connectivity index (χ3v) is 4.56. The molecule has 2 heterocycles. The molecule has 132 valence electrons. The Balaban J connectivity index is 1.88. The second-order valence-electron chi connectivity index (χ2n) is 6.37. The molecule has 6 heteroatoms. The Kier molecular flexibility index (Phi) is 3.98. The SMILES string of the molecule is Cc1cccc(NNC=c2c(C)c(C#N)c3nc4ccccc4n3c2=O)c1. The fraction of sp³-hybridized carbons (Fsp3) is 0.0952. The standard InChI is InChI=1S/C21H17N5O/c1-13-6-5-7-15(10-13)25-23-12-17-14(2)16(11-22)20-24-18-8-3-4-9-19(18)26(20)21(17)27/h3-10,12,23,25H,1-2H3. The van der Waals surface area contributed by atoms with Crippen LogP contribution in [0, 0.1) is 25.2 Å². The summed E-state index contributed by atoms with van der Waals surface area (Å²) in [5.74, 6) is 0. The Morgan fingerprint density at radius 2 is 1.96 bits per heavy atom. The largest absolute Gasteiger partial charge is 0.307 e. The molecule has 0 aliphatic heterocycles. The first kappa shape index (κ1) is 16.6. The molecule has 0 atom stereocenters. The van der Waals surface area contributed by atoms with Crippen molar-refractivity contribution in [3.8, 4) is 6.07 Å². The average Bonchev–Trinajstić information content (AvgIpc) is 3.04. The van der Waals surface area contributed by atoms with Gasteiger partial charge >= 0.3 is 0 Å². The van der Waals surface area contributed by atoms with Gasteiger partial charge in [0, 0.05) is 6.20 Å². The molecule has 0 unspecified atom stereocenters. The molecule has 0 amide bonds. The zero-order chi connectivity index (χ0) is 19.0. The average molecular weight is 355 g/mol. The lowest BCUT2D eigenvalue weighted by Gasteiger charge is -2.07. The maximum atomic E-state index is 13.1. The minimum absolute atomic E-state index is 0.214. The molecule has 4 rings (SSSR count). The lowest BCUT2D eigenvalue weighted by molar-refractivity contribution is 1.06. The summed E-state index contributed by atoms with van der Waals surface area (Å²) >= 11 is 0. The minimum Gasteiger partial charge on any atom is -0.307 e. The number of anilines is 1. The van der Waals surface area contributed by atoms with Crippen LogP contribution in [0.2, 0.25) is 0 Å². The van der Waals surface area contributed by atoms with Crippen molar-refractivity contribution >= 4 is 28.6 Å². The smallest absolute Gasteiger partial charge is 0.265 e. The number of para-hydroxylation sites is 2. The number of nitrogens with zero attached hydrogens (tertiary/aromatic N) is 3. The minimum atomic E-state index is -0.214. The zero-order valence-electron chi connectivity index (χ0n) is 14.9. The van der Waals surface area contributed by atoms with Crippen LogP contribution in [-0.2, 0) is 0 Å². The Morgan fingerprint density at radius 1 is 1.15 bits per heavy atom. The predicted octanol–water partition coefficient (Wildman–Crippen LogP) is 2.41. The van der Waals surface area contributed by atoms with Crippen molar-refractivity contribution in [3.05, 3.63) is 80.8 Å². The van der Waals surface area contributed by atoms with E-state index in [1.165, 1.54) is 4.40 Å². The van der Waals surface area contributed by atoms with Crippen molar-refractivity contribution in [3.63, 3.8) is 0 Å². The second kappa shape index (κ2) is 6.46. The molecule has 0 radical (unpaired) electrons. The number of hydrogen-bond donors (Lipinski definition) is 2. The number of imidazole rings is 1. The molecular formula is C21H17N5O. The Morgan fingerprint density at radius 3 is 2.74 bits per heavy atom. The van der Waals surface area contributed by atoms with Crippen LogP contribution in [0.3, 0.4) is 0 Å². The van der Waals surface area contributed by atoms with Gasteiger partial charge in [-0.05, 0) is 49.2 Å². The molecule has 0 bridgehead atoms. The zero-order valence-corrected chi connectivity index (χ0v) is 14.9. The van der Waals surface area contributed by atoms with E-state index in [1.54, 1.807) is 13.1 Å². The van der Waals surface area contributed by atoms with Gasteiger partial charge in [-0.25, -0.2) is 4.98 Å². The molecule has 2 N–H and O–H groups in total. The lowest BCUT2D eigenvalue weighted by Crippen LogP contribution is -2.36. The maximum absolute atomic E-state index is 13.1. The van der Waals surface area contributed by atoms with Crippen LogP contribution in [0.5, 0.6) is 0 Å². The molecular weight excluding hydrogens is 338 g/mol. The summed E-state index contributed by atoms with van der Waals surface area (Å²) in [6, 6.07) is 17.4. The van der Waals surface area contributed by atoms with Crippen LogP contribution in [0.4, 0.5) is 5.69 Å². The van der Waals surface area contributed by atoms with E-state index in [0.717, 1.165) is 11.3 Å². The van der Waals surface area contributed by atoms with Gasteiger partial charge in [0.05, 0.1) is 27.5 Å². The van der Waals surface area contributed by atoms with E-state index in [9.17, 15) is 10.1 Å². The molecule has 0 aliphatic rings. The second-order valence-corrected chi connectivity index (χ2v) is 6.37. The van der Waals surface area contributed by atoms with Gasteiger partial charge < -0.3 is 10.9 Å². The molecule has 2 aromatic heterocycles. The van der Waals surface area contributed by atoms with E-state index in [1.807, 2.05) is 55.5 Å². The van der Waals surface area contributed by atoms with Gasteiger partial charge in [0.1, 0.15) is 6.07 Å². The van der Waals surface area contributed by atoms with Crippen LogP contribution in [0.15, 0.2) is 53.3 Å². The number of aromatic nitrogens is 2. The third kappa shape index (κ3) is 2.75. The highest BCUT2D eigenvalue weighted by molar-refractivity contribution is 5.82. The first-order valence-corrected chi connectivity index (χ1v) is 8.52. The molecule has 6 nitrogen and oxygen atoms in total. The van der Waals surface area contributed by atoms with Crippen molar-refractivity contribution in [2.45, 2.75) is 13.8 Å². The monoisotopic (exact) mass is 355 g/mol. The summed E-state index contributed by atoms with van der Waals surface area (Å²) in [6.07, 6.45) is 1.59. The number of rotatable bonds is 3. The van der Waals surface area contributed by atoms with E-state index in [2.05, 4.69) is 21.9 Å². The highest BCUT2D eigenvalue weighted by Crippen LogP contribution is 2.17. The van der Waals surface area contributed by atoms with E-state index in [4.69, 9.17) is 0 Å². The highest BCUT2D eigenvalue weighted by atomic mass is 16.1. The van der Waals surface area contributed by atoms with Gasteiger partial charge in [0.25, 0.3) is 5.56 Å². The number of nitrogens with one attached hydrogen (secondary N) is 2. The van der Waals surface area contributed by atoms with E-state index >= 15 is 0 Å². The van der Waals surface area contributed by atoms with Gasteiger partial charge in [-0.1, -0.05) is 24.3 Å². The summed E-state index contributed by atoms with van der Waals surface area (Å²) in [7, 11) is 0. The number of fused-ring (bicyclic) bond motifs is 3. The van der Waals surface area contributed by atoms with E-state index in [0.29, 0.717) is 33.0 Å². The van der Waals surface area contributed by atoms with Crippen LogP contribution in [0.25, 0.3) is 22.9 Å². The quantitative estimate of drug-likeness (QED) is 0.552.